The molecule has 1 heterocycles. The predicted molar refractivity (Wildman–Crippen MR) is 72.7 cm³/mol. The Kier molecular flexibility index (Phi) is 3.19. The highest BCUT2D eigenvalue weighted by molar-refractivity contribution is 7.80. The zero-order chi connectivity index (χ0) is 12.7. The van der Waals surface area contributed by atoms with E-state index in [9.17, 15) is 4.79 Å². The van der Waals surface area contributed by atoms with Gasteiger partial charge < -0.3 is 10.6 Å². The van der Waals surface area contributed by atoms with Gasteiger partial charge in [-0.15, -0.1) is 0 Å². The third kappa shape index (κ3) is 1.96. The van der Waals surface area contributed by atoms with E-state index in [0.29, 0.717) is 4.99 Å². The molecule has 3 nitrogen and oxygen atoms in total. The molecule has 17 heavy (non-hydrogen) atoms. The summed E-state index contributed by atoms with van der Waals surface area (Å²) in [4.78, 5) is 15.2. The largest absolute Gasteiger partial charge is 0.392 e. The number of carbonyl (C=O) groups is 1. The maximum atomic E-state index is 12.8. The minimum absolute atomic E-state index is 0.0303. The van der Waals surface area contributed by atoms with Gasteiger partial charge in [0.05, 0.1) is 10.4 Å². The van der Waals surface area contributed by atoms with Crippen molar-refractivity contribution in [1.29, 1.82) is 0 Å². The Morgan fingerprint density at radius 3 is 2.18 bits per heavy atom. The Morgan fingerprint density at radius 2 is 1.76 bits per heavy atom. The molecule has 2 N–H and O–H groups in total. The van der Waals surface area contributed by atoms with Crippen LogP contribution in [0.3, 0.4) is 0 Å². The van der Waals surface area contributed by atoms with Crippen LogP contribution in [0.2, 0.25) is 0 Å². The van der Waals surface area contributed by atoms with E-state index < -0.39 is 5.41 Å². The lowest BCUT2D eigenvalue weighted by molar-refractivity contribution is -0.141. The average molecular weight is 254 g/mol. The first-order valence-electron chi connectivity index (χ1n) is 6.52. The van der Waals surface area contributed by atoms with Gasteiger partial charge in [0.1, 0.15) is 0 Å². The SMILES string of the molecule is CC1(C)CCCN1C(=O)C1(C(N)=S)CCCC1. The van der Waals surface area contributed by atoms with E-state index in [1.807, 2.05) is 4.90 Å². The molecule has 0 spiro atoms. The molecular weight excluding hydrogens is 232 g/mol. The molecule has 1 aliphatic carbocycles. The Balaban J connectivity index is 2.26. The quantitative estimate of drug-likeness (QED) is 0.769. The van der Waals surface area contributed by atoms with E-state index in [1.54, 1.807) is 0 Å². The van der Waals surface area contributed by atoms with Gasteiger partial charge in [-0.25, -0.2) is 0 Å². The smallest absolute Gasteiger partial charge is 0.236 e. The third-order valence-corrected chi connectivity index (χ3v) is 4.88. The van der Waals surface area contributed by atoms with Gasteiger partial charge in [0.25, 0.3) is 0 Å². The van der Waals surface area contributed by atoms with Crippen LogP contribution in [-0.2, 0) is 4.79 Å². The van der Waals surface area contributed by atoms with Gasteiger partial charge in [-0.05, 0) is 39.5 Å². The fourth-order valence-electron chi connectivity index (χ4n) is 3.29. The first-order chi connectivity index (χ1) is 7.90. The average Bonchev–Trinajstić information content (AvgIpc) is 2.83. The van der Waals surface area contributed by atoms with Crippen molar-refractivity contribution in [2.45, 2.75) is 57.9 Å². The monoisotopic (exact) mass is 254 g/mol. The summed E-state index contributed by atoms with van der Waals surface area (Å²) in [6, 6.07) is 0. The number of hydrogen-bond donors (Lipinski definition) is 1. The van der Waals surface area contributed by atoms with E-state index >= 15 is 0 Å². The second-order valence-electron chi connectivity index (χ2n) is 6.03. The van der Waals surface area contributed by atoms with Crippen LogP contribution in [-0.4, -0.2) is 27.9 Å². The third-order valence-electron chi connectivity index (χ3n) is 4.48. The van der Waals surface area contributed by atoms with E-state index in [0.717, 1.165) is 45.1 Å². The minimum atomic E-state index is -0.531. The summed E-state index contributed by atoms with van der Waals surface area (Å²) in [5.41, 5.74) is 5.31. The summed E-state index contributed by atoms with van der Waals surface area (Å²) in [7, 11) is 0. The van der Waals surface area contributed by atoms with Gasteiger partial charge in [-0.1, -0.05) is 25.1 Å². The fraction of sp³-hybridized carbons (Fsp3) is 0.846. The van der Waals surface area contributed by atoms with Gasteiger partial charge in [0.2, 0.25) is 5.91 Å². The maximum Gasteiger partial charge on any atom is 0.236 e. The molecule has 1 saturated carbocycles. The van der Waals surface area contributed by atoms with Crippen molar-refractivity contribution >= 4 is 23.1 Å². The maximum absolute atomic E-state index is 12.8. The first kappa shape index (κ1) is 12.8. The van der Waals surface area contributed by atoms with Crippen molar-refractivity contribution < 1.29 is 4.79 Å². The van der Waals surface area contributed by atoms with Crippen molar-refractivity contribution in [3.05, 3.63) is 0 Å². The topological polar surface area (TPSA) is 46.3 Å². The van der Waals surface area contributed by atoms with Crippen LogP contribution in [0.1, 0.15) is 52.4 Å². The first-order valence-corrected chi connectivity index (χ1v) is 6.93. The number of amides is 1. The molecule has 1 aliphatic heterocycles. The summed E-state index contributed by atoms with van der Waals surface area (Å²) in [5.74, 6) is 0.185. The molecule has 2 aliphatic rings. The molecule has 0 atom stereocenters. The van der Waals surface area contributed by atoms with Crippen molar-refractivity contribution in [3.63, 3.8) is 0 Å². The van der Waals surface area contributed by atoms with Crippen molar-refractivity contribution in [2.24, 2.45) is 11.1 Å². The summed E-state index contributed by atoms with van der Waals surface area (Å²) in [5, 5.41) is 0. The summed E-state index contributed by atoms with van der Waals surface area (Å²) in [6.07, 6.45) is 5.98. The van der Waals surface area contributed by atoms with Gasteiger partial charge in [0.15, 0.2) is 0 Å². The lowest BCUT2D eigenvalue weighted by atomic mass is 9.83. The number of hydrogen-bond acceptors (Lipinski definition) is 2. The highest BCUT2D eigenvalue weighted by Crippen LogP contribution is 2.43. The predicted octanol–water partition coefficient (Wildman–Crippen LogP) is 2.23. The molecule has 4 heteroatoms. The Bertz CT molecular complexity index is 345. The van der Waals surface area contributed by atoms with Crippen molar-refractivity contribution in [2.75, 3.05) is 6.54 Å². The highest BCUT2D eigenvalue weighted by Gasteiger charge is 2.49. The second kappa shape index (κ2) is 4.23. The summed E-state index contributed by atoms with van der Waals surface area (Å²) in [6.45, 7) is 5.14. The molecule has 0 aromatic rings. The van der Waals surface area contributed by atoms with Gasteiger partial charge in [-0.3, -0.25) is 4.79 Å². The number of nitrogens with two attached hydrogens (primary N) is 1. The Labute approximate surface area is 109 Å². The van der Waals surface area contributed by atoms with E-state index in [4.69, 9.17) is 18.0 Å². The number of likely N-dealkylation sites (tertiary alicyclic amines) is 1. The highest BCUT2D eigenvalue weighted by atomic mass is 32.1. The molecule has 2 rings (SSSR count). The van der Waals surface area contributed by atoms with Crippen LogP contribution >= 0.6 is 12.2 Å². The lowest BCUT2D eigenvalue weighted by Gasteiger charge is -2.38. The normalized spacial score (nSPS) is 26.1. The van der Waals surface area contributed by atoms with E-state index in [1.165, 1.54) is 0 Å². The molecule has 96 valence electrons. The fourth-order valence-corrected chi connectivity index (χ4v) is 3.58. The molecule has 0 aromatic carbocycles. The van der Waals surface area contributed by atoms with Crippen LogP contribution in [0, 0.1) is 5.41 Å². The molecule has 1 amide bonds. The van der Waals surface area contributed by atoms with Crippen molar-refractivity contribution in [3.8, 4) is 0 Å². The van der Waals surface area contributed by atoms with Crippen LogP contribution in [0.5, 0.6) is 0 Å². The lowest BCUT2D eigenvalue weighted by Crippen LogP contribution is -2.53. The molecule has 0 unspecified atom stereocenters. The Hall–Kier alpha value is -0.640. The van der Waals surface area contributed by atoms with E-state index in [-0.39, 0.29) is 11.4 Å². The van der Waals surface area contributed by atoms with Crippen LogP contribution in [0.4, 0.5) is 0 Å². The van der Waals surface area contributed by atoms with Gasteiger partial charge in [0, 0.05) is 12.1 Å². The van der Waals surface area contributed by atoms with Crippen LogP contribution in [0.25, 0.3) is 0 Å². The Morgan fingerprint density at radius 1 is 1.18 bits per heavy atom. The standard InChI is InChI=1S/C13H22N2OS/c1-12(2)6-5-9-15(12)11(16)13(10(14)17)7-3-4-8-13/h3-9H2,1-2H3,(H2,14,17). The van der Waals surface area contributed by atoms with Crippen LogP contribution in [0.15, 0.2) is 0 Å². The number of thiocarbonyl (C=S) groups is 1. The van der Waals surface area contributed by atoms with Crippen LogP contribution < -0.4 is 5.73 Å². The van der Waals surface area contributed by atoms with Gasteiger partial charge >= 0.3 is 0 Å². The van der Waals surface area contributed by atoms with Crippen molar-refractivity contribution in [1.82, 2.24) is 4.90 Å². The number of rotatable bonds is 2. The second-order valence-corrected chi connectivity index (χ2v) is 6.47. The summed E-state index contributed by atoms with van der Waals surface area (Å²) >= 11 is 5.18. The zero-order valence-electron chi connectivity index (χ0n) is 10.8. The minimum Gasteiger partial charge on any atom is -0.392 e. The zero-order valence-corrected chi connectivity index (χ0v) is 11.6. The summed E-state index contributed by atoms with van der Waals surface area (Å²) < 4.78 is 0. The molecule has 0 radical (unpaired) electrons. The molecule has 0 bridgehead atoms. The van der Waals surface area contributed by atoms with Gasteiger partial charge in [-0.2, -0.15) is 0 Å². The number of nitrogens with zero attached hydrogens (tertiary/aromatic N) is 1. The number of carbonyl (C=O) groups excluding carboxylic acids is 1. The molecular formula is C13H22N2OS. The molecule has 2 fully saturated rings. The molecule has 0 aromatic heterocycles. The molecule has 1 saturated heterocycles. The van der Waals surface area contributed by atoms with E-state index in [2.05, 4.69) is 13.8 Å².